The molecule has 0 bridgehead atoms. The first kappa shape index (κ1) is 16.9. The lowest BCUT2D eigenvalue weighted by Crippen LogP contribution is -2.30. The van der Waals surface area contributed by atoms with Gasteiger partial charge in [-0.3, -0.25) is 4.72 Å². The van der Waals surface area contributed by atoms with E-state index in [4.69, 9.17) is 0 Å². The molecule has 1 fully saturated rings. The average Bonchev–Trinajstić information content (AvgIpc) is 3.11. The zero-order valence-corrected chi connectivity index (χ0v) is 17.0. The van der Waals surface area contributed by atoms with E-state index >= 15 is 0 Å². The number of rotatable bonds is 4. The van der Waals surface area contributed by atoms with E-state index in [0.717, 1.165) is 10.9 Å². The molecule has 0 saturated heterocycles. The standard InChI is InChI=1S/C22H23BrN2S/c23-15-9-7-14(8-10-15)22-19-6-2-5-18(19)20-13-17(11-12-21(20)24-22)26-25-16-3-1-4-16/h2,5,7-13,16,18-19,22,24-25H,1,3-4,6H2. The van der Waals surface area contributed by atoms with Gasteiger partial charge in [-0.2, -0.15) is 0 Å². The van der Waals surface area contributed by atoms with Crippen molar-refractivity contribution in [3.63, 3.8) is 0 Å². The predicted octanol–water partition coefficient (Wildman–Crippen LogP) is 6.42. The van der Waals surface area contributed by atoms with Crippen molar-refractivity contribution in [3.05, 3.63) is 70.2 Å². The quantitative estimate of drug-likeness (QED) is 0.435. The molecule has 2 N–H and O–H groups in total. The van der Waals surface area contributed by atoms with E-state index in [0.29, 0.717) is 23.9 Å². The van der Waals surface area contributed by atoms with Crippen molar-refractivity contribution >= 4 is 33.6 Å². The number of nitrogens with one attached hydrogen (secondary N) is 2. The molecule has 134 valence electrons. The number of halogens is 1. The lowest BCUT2D eigenvalue weighted by Gasteiger charge is -2.38. The number of anilines is 1. The normalized spacial score (nSPS) is 26.7. The Morgan fingerprint density at radius 2 is 1.92 bits per heavy atom. The Hall–Kier alpha value is -1.23. The number of benzene rings is 2. The van der Waals surface area contributed by atoms with Gasteiger partial charge in [-0.25, -0.2) is 0 Å². The highest BCUT2D eigenvalue weighted by Gasteiger charge is 2.37. The summed E-state index contributed by atoms with van der Waals surface area (Å²) in [5.74, 6) is 1.12. The molecule has 1 aliphatic heterocycles. The molecule has 4 heteroatoms. The Morgan fingerprint density at radius 1 is 1.08 bits per heavy atom. The fourth-order valence-electron chi connectivity index (χ4n) is 4.31. The summed E-state index contributed by atoms with van der Waals surface area (Å²) in [5, 5.41) is 3.83. The maximum absolute atomic E-state index is 3.83. The first-order chi connectivity index (χ1) is 12.8. The van der Waals surface area contributed by atoms with Crippen molar-refractivity contribution in [2.45, 2.75) is 48.6 Å². The van der Waals surface area contributed by atoms with Crippen LogP contribution in [0.1, 0.15) is 48.8 Å². The van der Waals surface area contributed by atoms with Crippen LogP contribution in [0.5, 0.6) is 0 Å². The third-order valence-electron chi connectivity index (χ3n) is 6.01. The smallest absolute Gasteiger partial charge is 0.0553 e. The van der Waals surface area contributed by atoms with Gasteiger partial charge in [0, 0.05) is 27.0 Å². The summed E-state index contributed by atoms with van der Waals surface area (Å²) < 4.78 is 4.75. The molecular formula is C22H23BrN2S. The SMILES string of the molecule is Brc1ccc(C2Nc3ccc(SNC4CCC4)cc3C3C=CCC32)cc1. The van der Waals surface area contributed by atoms with Gasteiger partial charge in [0.25, 0.3) is 0 Å². The van der Waals surface area contributed by atoms with Gasteiger partial charge in [0.15, 0.2) is 0 Å². The lowest BCUT2D eigenvalue weighted by atomic mass is 9.77. The van der Waals surface area contributed by atoms with Crippen LogP contribution in [-0.4, -0.2) is 6.04 Å². The Bertz CT molecular complexity index is 829. The number of hydrogen-bond donors (Lipinski definition) is 2. The molecule has 2 nitrogen and oxygen atoms in total. The molecule has 2 aromatic rings. The second-order valence-corrected chi connectivity index (χ2v) is 9.45. The van der Waals surface area contributed by atoms with E-state index in [2.05, 4.69) is 80.6 Å². The molecule has 5 rings (SSSR count). The maximum Gasteiger partial charge on any atom is 0.0553 e. The van der Waals surface area contributed by atoms with Crippen molar-refractivity contribution in [2.24, 2.45) is 5.92 Å². The third kappa shape index (κ3) is 3.12. The second-order valence-electron chi connectivity index (χ2n) is 7.62. The zero-order valence-electron chi connectivity index (χ0n) is 14.6. The minimum atomic E-state index is 0.377. The highest BCUT2D eigenvalue weighted by Crippen LogP contribution is 2.50. The molecule has 0 radical (unpaired) electrons. The average molecular weight is 427 g/mol. The molecule has 3 atom stereocenters. The minimum Gasteiger partial charge on any atom is -0.378 e. The summed E-state index contributed by atoms with van der Waals surface area (Å²) in [4.78, 5) is 1.33. The third-order valence-corrected chi connectivity index (χ3v) is 7.48. The molecule has 0 amide bonds. The lowest BCUT2D eigenvalue weighted by molar-refractivity contribution is 0.395. The minimum absolute atomic E-state index is 0.377. The molecule has 2 aliphatic carbocycles. The van der Waals surface area contributed by atoms with E-state index < -0.39 is 0 Å². The fraction of sp³-hybridized carbons (Fsp3) is 0.364. The highest BCUT2D eigenvalue weighted by atomic mass is 79.9. The van der Waals surface area contributed by atoms with Gasteiger partial charge in [0.2, 0.25) is 0 Å². The van der Waals surface area contributed by atoms with Crippen molar-refractivity contribution in [1.29, 1.82) is 0 Å². The zero-order chi connectivity index (χ0) is 17.5. The van der Waals surface area contributed by atoms with Gasteiger partial charge in [-0.1, -0.05) is 46.6 Å². The van der Waals surface area contributed by atoms with E-state index in [1.807, 2.05) is 0 Å². The van der Waals surface area contributed by atoms with Gasteiger partial charge in [0.1, 0.15) is 0 Å². The van der Waals surface area contributed by atoms with Crippen molar-refractivity contribution in [3.8, 4) is 0 Å². The summed E-state index contributed by atoms with van der Waals surface area (Å²) in [6.07, 6.45) is 9.95. The van der Waals surface area contributed by atoms with Crippen LogP contribution in [0.4, 0.5) is 5.69 Å². The fourth-order valence-corrected chi connectivity index (χ4v) is 5.44. The van der Waals surface area contributed by atoms with Crippen molar-refractivity contribution in [2.75, 3.05) is 5.32 Å². The number of allylic oxidation sites excluding steroid dienone is 2. The molecule has 1 heterocycles. The van der Waals surface area contributed by atoms with Crippen LogP contribution in [0.3, 0.4) is 0 Å². The van der Waals surface area contributed by atoms with E-state index in [1.165, 1.54) is 41.0 Å². The largest absolute Gasteiger partial charge is 0.378 e. The Morgan fingerprint density at radius 3 is 2.69 bits per heavy atom. The Labute approximate surface area is 168 Å². The molecule has 2 aromatic carbocycles. The monoisotopic (exact) mass is 426 g/mol. The molecule has 26 heavy (non-hydrogen) atoms. The van der Waals surface area contributed by atoms with Crippen LogP contribution in [0.15, 0.2) is 64.0 Å². The molecule has 3 unspecified atom stereocenters. The molecular weight excluding hydrogens is 404 g/mol. The van der Waals surface area contributed by atoms with Gasteiger partial charge < -0.3 is 5.32 Å². The van der Waals surface area contributed by atoms with Crippen LogP contribution in [0, 0.1) is 5.92 Å². The molecule has 0 spiro atoms. The van der Waals surface area contributed by atoms with Gasteiger partial charge in [-0.05, 0) is 78.6 Å². The molecule has 1 saturated carbocycles. The van der Waals surface area contributed by atoms with E-state index in [-0.39, 0.29) is 0 Å². The Kier molecular flexibility index (Phi) is 4.59. The van der Waals surface area contributed by atoms with Crippen molar-refractivity contribution < 1.29 is 0 Å². The highest BCUT2D eigenvalue weighted by molar-refractivity contribution is 9.10. The summed E-state index contributed by atoms with van der Waals surface area (Å²) >= 11 is 5.36. The molecule has 3 aliphatic rings. The van der Waals surface area contributed by atoms with Gasteiger partial charge in [-0.15, -0.1) is 0 Å². The summed E-state index contributed by atoms with van der Waals surface area (Å²) in [6.45, 7) is 0. The van der Waals surface area contributed by atoms with Crippen LogP contribution in [-0.2, 0) is 0 Å². The van der Waals surface area contributed by atoms with Crippen LogP contribution in [0.2, 0.25) is 0 Å². The van der Waals surface area contributed by atoms with Crippen LogP contribution < -0.4 is 10.0 Å². The van der Waals surface area contributed by atoms with Gasteiger partial charge >= 0.3 is 0 Å². The Balaban J connectivity index is 1.42. The first-order valence-electron chi connectivity index (χ1n) is 9.53. The van der Waals surface area contributed by atoms with Crippen molar-refractivity contribution in [1.82, 2.24) is 4.72 Å². The summed E-state index contributed by atoms with van der Waals surface area (Å²) in [5.41, 5.74) is 4.12. The van der Waals surface area contributed by atoms with Gasteiger partial charge in [0.05, 0.1) is 6.04 Å². The number of fused-ring (bicyclic) bond motifs is 3. The van der Waals surface area contributed by atoms with E-state index in [1.54, 1.807) is 11.9 Å². The van der Waals surface area contributed by atoms with E-state index in [9.17, 15) is 0 Å². The number of hydrogen-bond acceptors (Lipinski definition) is 3. The second kappa shape index (κ2) is 7.06. The van der Waals surface area contributed by atoms with Crippen LogP contribution in [0.25, 0.3) is 0 Å². The maximum atomic E-state index is 3.83. The predicted molar refractivity (Wildman–Crippen MR) is 114 cm³/mol. The summed E-state index contributed by atoms with van der Waals surface area (Å²) in [6, 6.07) is 16.8. The first-order valence-corrected chi connectivity index (χ1v) is 11.1. The summed E-state index contributed by atoms with van der Waals surface area (Å²) in [7, 11) is 0. The van der Waals surface area contributed by atoms with Crippen LogP contribution >= 0.6 is 27.9 Å². The topological polar surface area (TPSA) is 24.1 Å². The molecule has 0 aromatic heterocycles.